The molecule has 1 aliphatic rings. The molecule has 0 fully saturated rings. The van der Waals surface area contributed by atoms with E-state index in [1.807, 2.05) is 0 Å². The number of benzene rings is 1. The molecular weight excluding hydrogens is 196 g/mol. The summed E-state index contributed by atoms with van der Waals surface area (Å²) in [5.74, 6) is 0. The van der Waals surface area contributed by atoms with E-state index < -0.39 is 0 Å². The predicted octanol–water partition coefficient (Wildman–Crippen LogP) is 3.18. The van der Waals surface area contributed by atoms with Gasteiger partial charge in [-0.2, -0.15) is 0 Å². The first-order valence-electron chi connectivity index (χ1n) is 6.08. The summed E-state index contributed by atoms with van der Waals surface area (Å²) in [5, 5.41) is 1.41. The molecule has 0 atom stereocenters. The van der Waals surface area contributed by atoms with Crippen molar-refractivity contribution in [2.24, 2.45) is 0 Å². The molecule has 1 aliphatic heterocycles. The van der Waals surface area contributed by atoms with Gasteiger partial charge in [0.2, 0.25) is 0 Å². The fourth-order valence-corrected chi connectivity index (χ4v) is 2.63. The van der Waals surface area contributed by atoms with Crippen LogP contribution in [0, 0.1) is 0 Å². The molecule has 2 aromatic rings. The largest absolute Gasteiger partial charge is 0.358 e. The molecule has 0 unspecified atom stereocenters. The Morgan fingerprint density at radius 3 is 2.94 bits per heavy atom. The summed E-state index contributed by atoms with van der Waals surface area (Å²) in [4.78, 5) is 6.09. The average Bonchev–Trinajstić information content (AvgIpc) is 2.66. The molecule has 86 valence electrons. The molecule has 3 rings (SSSR count). The molecule has 2 heterocycles. The number of nitrogens with zero attached hydrogens (tertiary/aromatic N) is 1. The van der Waals surface area contributed by atoms with E-state index in [-0.39, 0.29) is 1.43 Å². The molecule has 16 heavy (non-hydrogen) atoms. The average molecular weight is 216 g/mol. The minimum absolute atomic E-state index is 0. The van der Waals surface area contributed by atoms with E-state index in [1.54, 1.807) is 0 Å². The lowest BCUT2D eigenvalue weighted by atomic mass is 10.0. The van der Waals surface area contributed by atoms with Crippen molar-refractivity contribution in [3.05, 3.63) is 35.5 Å². The fraction of sp³-hybridized carbons (Fsp3) is 0.429. The molecule has 0 bridgehead atoms. The Labute approximate surface area is 97.8 Å². The predicted molar refractivity (Wildman–Crippen MR) is 69.7 cm³/mol. The van der Waals surface area contributed by atoms with Crippen LogP contribution < -0.4 is 0 Å². The summed E-state index contributed by atoms with van der Waals surface area (Å²) in [6.45, 7) is 6.83. The zero-order valence-corrected chi connectivity index (χ0v) is 9.96. The second kappa shape index (κ2) is 3.63. The van der Waals surface area contributed by atoms with E-state index in [0.717, 1.165) is 13.0 Å². The number of hydrogen-bond donors (Lipinski definition) is 1. The van der Waals surface area contributed by atoms with E-state index in [2.05, 4.69) is 48.0 Å². The molecule has 0 saturated carbocycles. The molecular formula is C14H20N2. The van der Waals surface area contributed by atoms with Crippen molar-refractivity contribution < 1.29 is 1.43 Å². The highest BCUT2D eigenvalue weighted by Crippen LogP contribution is 2.28. The van der Waals surface area contributed by atoms with Crippen molar-refractivity contribution in [2.75, 3.05) is 6.54 Å². The maximum absolute atomic E-state index is 3.55. The van der Waals surface area contributed by atoms with Gasteiger partial charge < -0.3 is 4.98 Å². The van der Waals surface area contributed by atoms with Crippen LogP contribution >= 0.6 is 0 Å². The van der Waals surface area contributed by atoms with E-state index in [1.165, 1.54) is 28.7 Å². The fourth-order valence-electron chi connectivity index (χ4n) is 2.63. The second-order valence-electron chi connectivity index (χ2n) is 4.94. The Kier molecular flexibility index (Phi) is 2.25. The minimum atomic E-state index is 0. The molecule has 2 nitrogen and oxygen atoms in total. The maximum atomic E-state index is 3.55. The van der Waals surface area contributed by atoms with Gasteiger partial charge in [-0.3, -0.25) is 4.90 Å². The lowest BCUT2D eigenvalue weighted by molar-refractivity contribution is 0.203. The highest BCUT2D eigenvalue weighted by molar-refractivity contribution is 5.84. The molecule has 0 spiro atoms. The molecule has 2 heteroatoms. The van der Waals surface area contributed by atoms with Crippen LogP contribution in [0.5, 0.6) is 0 Å². The zero-order chi connectivity index (χ0) is 11.1. The summed E-state index contributed by atoms with van der Waals surface area (Å²) in [6.07, 6.45) is 1.15. The number of H-pyrrole nitrogens is 1. The van der Waals surface area contributed by atoms with Crippen molar-refractivity contribution >= 4 is 10.9 Å². The Morgan fingerprint density at radius 1 is 1.31 bits per heavy atom. The van der Waals surface area contributed by atoms with E-state index >= 15 is 0 Å². The SMILES string of the molecule is CC(C)N1CCc2[nH]c3ccccc3c2C1.[HH]. The van der Waals surface area contributed by atoms with Gasteiger partial charge in [0.1, 0.15) is 0 Å². The second-order valence-corrected chi connectivity index (χ2v) is 4.94. The first-order valence-corrected chi connectivity index (χ1v) is 6.08. The maximum Gasteiger partial charge on any atom is 0.0459 e. The van der Waals surface area contributed by atoms with Gasteiger partial charge in [0.15, 0.2) is 0 Å². The van der Waals surface area contributed by atoms with Gasteiger partial charge in [0, 0.05) is 43.6 Å². The highest BCUT2D eigenvalue weighted by Gasteiger charge is 2.21. The molecule has 1 N–H and O–H groups in total. The van der Waals surface area contributed by atoms with Gasteiger partial charge in [0.05, 0.1) is 0 Å². The monoisotopic (exact) mass is 216 g/mol. The van der Waals surface area contributed by atoms with Gasteiger partial charge in [-0.25, -0.2) is 0 Å². The summed E-state index contributed by atoms with van der Waals surface area (Å²) < 4.78 is 0. The van der Waals surface area contributed by atoms with Crippen LogP contribution in [0.15, 0.2) is 24.3 Å². The lowest BCUT2D eigenvalue weighted by Crippen LogP contribution is -2.35. The van der Waals surface area contributed by atoms with Crippen LogP contribution in [0.4, 0.5) is 0 Å². The van der Waals surface area contributed by atoms with Gasteiger partial charge in [-0.15, -0.1) is 0 Å². The zero-order valence-electron chi connectivity index (χ0n) is 9.96. The van der Waals surface area contributed by atoms with E-state index in [0.29, 0.717) is 6.04 Å². The lowest BCUT2D eigenvalue weighted by Gasteiger charge is -2.30. The topological polar surface area (TPSA) is 19.0 Å². The summed E-state index contributed by atoms with van der Waals surface area (Å²) in [6, 6.07) is 9.28. The summed E-state index contributed by atoms with van der Waals surface area (Å²) in [5.41, 5.74) is 4.24. The van der Waals surface area contributed by atoms with Crippen LogP contribution in [-0.2, 0) is 13.0 Å². The smallest absolute Gasteiger partial charge is 0.0459 e. The number of rotatable bonds is 1. The number of fused-ring (bicyclic) bond motifs is 3. The van der Waals surface area contributed by atoms with Crippen LogP contribution in [0.1, 0.15) is 26.5 Å². The first-order chi connectivity index (χ1) is 7.75. The quantitative estimate of drug-likeness (QED) is 0.775. The van der Waals surface area contributed by atoms with Gasteiger partial charge >= 0.3 is 0 Å². The van der Waals surface area contributed by atoms with Gasteiger partial charge in [-0.05, 0) is 25.5 Å². The number of hydrogen-bond acceptors (Lipinski definition) is 1. The van der Waals surface area contributed by atoms with E-state index in [9.17, 15) is 0 Å². The van der Waals surface area contributed by atoms with Crippen LogP contribution in [0.25, 0.3) is 10.9 Å². The van der Waals surface area contributed by atoms with Crippen molar-refractivity contribution in [3.8, 4) is 0 Å². The van der Waals surface area contributed by atoms with Crippen LogP contribution in [0.2, 0.25) is 0 Å². The Bertz CT molecular complexity index is 516. The Hall–Kier alpha value is -1.28. The van der Waals surface area contributed by atoms with Gasteiger partial charge in [-0.1, -0.05) is 18.2 Å². The van der Waals surface area contributed by atoms with Crippen molar-refractivity contribution in [3.63, 3.8) is 0 Å². The number of aromatic nitrogens is 1. The normalized spacial score (nSPS) is 16.9. The standard InChI is InChI=1S/C14H18N2.H2/c1-10(2)16-8-7-14-12(9-16)11-5-3-4-6-13(11)15-14;/h3-6,10,15H,7-9H2,1-2H3;1H. The minimum Gasteiger partial charge on any atom is -0.358 e. The molecule has 1 aromatic carbocycles. The molecule has 1 aromatic heterocycles. The molecule has 0 radical (unpaired) electrons. The Morgan fingerprint density at radius 2 is 2.12 bits per heavy atom. The van der Waals surface area contributed by atoms with Crippen LogP contribution in [0.3, 0.4) is 0 Å². The third-order valence-corrected chi connectivity index (χ3v) is 3.64. The summed E-state index contributed by atoms with van der Waals surface area (Å²) >= 11 is 0. The third kappa shape index (κ3) is 1.45. The highest BCUT2D eigenvalue weighted by atomic mass is 15.2. The van der Waals surface area contributed by atoms with Crippen molar-refractivity contribution in [1.29, 1.82) is 0 Å². The molecule has 0 amide bonds. The van der Waals surface area contributed by atoms with Crippen molar-refractivity contribution in [1.82, 2.24) is 9.88 Å². The van der Waals surface area contributed by atoms with Gasteiger partial charge in [0.25, 0.3) is 0 Å². The Balaban J connectivity index is 0.00000108. The number of nitrogens with one attached hydrogen (secondary N) is 1. The number of aromatic amines is 1. The van der Waals surface area contributed by atoms with Crippen molar-refractivity contribution in [2.45, 2.75) is 32.9 Å². The molecule has 0 aliphatic carbocycles. The van der Waals surface area contributed by atoms with E-state index in [4.69, 9.17) is 0 Å². The third-order valence-electron chi connectivity index (χ3n) is 3.64. The molecule has 0 saturated heterocycles. The first kappa shape index (κ1) is 9.91. The number of para-hydroxylation sites is 1. The summed E-state index contributed by atoms with van der Waals surface area (Å²) in [7, 11) is 0. The van der Waals surface area contributed by atoms with Crippen LogP contribution in [-0.4, -0.2) is 22.5 Å².